The Morgan fingerprint density at radius 2 is 1.04 bits per heavy atom. The second kappa shape index (κ2) is 9.74. The van der Waals surface area contributed by atoms with Crippen LogP contribution in [0.4, 0.5) is 11.4 Å². The first-order chi connectivity index (χ1) is 11.8. The van der Waals surface area contributed by atoms with Crippen LogP contribution in [-0.4, -0.2) is 25.4 Å². The molecule has 122 valence electrons. The standard InChI is InChI=1S/C18H16N2O4/c21-13-19-15-3-7-17(8-4-15)23-11-1-2-12-24-18-9-5-16(6-10-18)20-14-22/h3-10H,1-2,11-12H2. The van der Waals surface area contributed by atoms with Gasteiger partial charge in [0.1, 0.15) is 11.5 Å². The fourth-order valence-corrected chi connectivity index (χ4v) is 1.92. The van der Waals surface area contributed by atoms with Gasteiger partial charge in [-0.2, -0.15) is 9.98 Å². The molecule has 6 heteroatoms. The molecule has 0 aliphatic heterocycles. The van der Waals surface area contributed by atoms with Gasteiger partial charge in [-0.15, -0.1) is 0 Å². The lowest BCUT2D eigenvalue weighted by molar-refractivity contribution is 0.266. The number of unbranched alkanes of at least 4 members (excludes halogenated alkanes) is 1. The SMILES string of the molecule is O=C=Nc1ccc(OCCCCOc2ccc(N=C=O)cc2)cc1. The van der Waals surface area contributed by atoms with Crippen molar-refractivity contribution in [3.05, 3.63) is 48.5 Å². The Morgan fingerprint density at radius 3 is 1.38 bits per heavy atom. The molecule has 0 heterocycles. The second-order valence-corrected chi connectivity index (χ2v) is 4.80. The predicted molar refractivity (Wildman–Crippen MR) is 88.7 cm³/mol. The Hall–Kier alpha value is -3.20. The van der Waals surface area contributed by atoms with Crippen LogP contribution in [0, 0.1) is 0 Å². The van der Waals surface area contributed by atoms with Crippen LogP contribution in [0.2, 0.25) is 0 Å². The van der Waals surface area contributed by atoms with Crippen molar-refractivity contribution in [2.45, 2.75) is 12.8 Å². The highest BCUT2D eigenvalue weighted by Crippen LogP contribution is 2.19. The molecule has 0 aromatic heterocycles. The summed E-state index contributed by atoms with van der Waals surface area (Å²) < 4.78 is 11.2. The summed E-state index contributed by atoms with van der Waals surface area (Å²) in [5.41, 5.74) is 1.10. The number of carbonyl (C=O) groups excluding carboxylic acids is 2. The van der Waals surface area contributed by atoms with E-state index in [1.54, 1.807) is 48.5 Å². The lowest BCUT2D eigenvalue weighted by Crippen LogP contribution is -2.02. The van der Waals surface area contributed by atoms with Crippen molar-refractivity contribution < 1.29 is 19.1 Å². The van der Waals surface area contributed by atoms with Gasteiger partial charge in [0.25, 0.3) is 0 Å². The van der Waals surface area contributed by atoms with E-state index in [0.717, 1.165) is 24.3 Å². The summed E-state index contributed by atoms with van der Waals surface area (Å²) in [5.74, 6) is 1.46. The van der Waals surface area contributed by atoms with Crippen LogP contribution in [0.3, 0.4) is 0 Å². The number of aliphatic imine (C=N–C) groups is 2. The van der Waals surface area contributed by atoms with E-state index in [1.807, 2.05) is 0 Å². The van der Waals surface area contributed by atoms with Crippen molar-refractivity contribution in [3.8, 4) is 11.5 Å². The average molecular weight is 324 g/mol. The highest BCUT2D eigenvalue weighted by atomic mass is 16.5. The van der Waals surface area contributed by atoms with Crippen molar-refractivity contribution in [1.29, 1.82) is 0 Å². The van der Waals surface area contributed by atoms with Gasteiger partial charge < -0.3 is 9.47 Å². The molecular formula is C18H16N2O4. The third-order valence-electron chi connectivity index (χ3n) is 3.10. The van der Waals surface area contributed by atoms with Crippen LogP contribution in [0.25, 0.3) is 0 Å². The monoisotopic (exact) mass is 324 g/mol. The molecule has 0 aliphatic rings. The van der Waals surface area contributed by atoms with E-state index in [9.17, 15) is 9.59 Å². The second-order valence-electron chi connectivity index (χ2n) is 4.80. The van der Waals surface area contributed by atoms with Crippen LogP contribution < -0.4 is 9.47 Å². The molecule has 24 heavy (non-hydrogen) atoms. The maximum absolute atomic E-state index is 10.1. The molecule has 0 saturated heterocycles. The summed E-state index contributed by atoms with van der Waals surface area (Å²) in [6, 6.07) is 13.8. The van der Waals surface area contributed by atoms with Crippen LogP contribution in [0.1, 0.15) is 12.8 Å². The Labute approximate surface area is 139 Å². The van der Waals surface area contributed by atoms with Crippen molar-refractivity contribution in [2.24, 2.45) is 9.98 Å². The molecule has 0 atom stereocenters. The van der Waals surface area contributed by atoms with E-state index < -0.39 is 0 Å². The Bertz CT molecular complexity index is 663. The summed E-state index contributed by atoms with van der Waals surface area (Å²) in [6.07, 6.45) is 4.68. The molecule has 0 spiro atoms. The van der Waals surface area contributed by atoms with Gasteiger partial charge in [0.2, 0.25) is 12.2 Å². The van der Waals surface area contributed by atoms with Crippen molar-refractivity contribution >= 4 is 23.5 Å². The zero-order valence-corrected chi connectivity index (χ0v) is 13.0. The number of rotatable bonds is 9. The first-order valence-electron chi connectivity index (χ1n) is 7.43. The smallest absolute Gasteiger partial charge is 0.240 e. The summed E-state index contributed by atoms with van der Waals surface area (Å²) in [5, 5.41) is 0. The third-order valence-corrected chi connectivity index (χ3v) is 3.10. The topological polar surface area (TPSA) is 77.3 Å². The molecule has 0 aliphatic carbocycles. The molecule has 0 amide bonds. The first-order valence-corrected chi connectivity index (χ1v) is 7.43. The molecule has 0 bridgehead atoms. The molecule has 0 unspecified atom stereocenters. The van der Waals surface area contributed by atoms with E-state index in [0.29, 0.717) is 24.6 Å². The highest BCUT2D eigenvalue weighted by Gasteiger charge is 1.97. The average Bonchev–Trinajstić information content (AvgIpc) is 2.61. The molecule has 0 fully saturated rings. The first kappa shape index (κ1) is 17.2. The maximum atomic E-state index is 10.1. The largest absolute Gasteiger partial charge is 0.494 e. The number of benzene rings is 2. The number of hydrogen-bond donors (Lipinski definition) is 0. The fraction of sp³-hybridized carbons (Fsp3) is 0.222. The summed E-state index contributed by atoms with van der Waals surface area (Å²) >= 11 is 0. The minimum absolute atomic E-state index is 0.551. The number of isocyanates is 2. The van der Waals surface area contributed by atoms with E-state index in [4.69, 9.17) is 9.47 Å². The van der Waals surface area contributed by atoms with Gasteiger partial charge in [-0.3, -0.25) is 0 Å². The van der Waals surface area contributed by atoms with Gasteiger partial charge in [-0.1, -0.05) is 0 Å². The molecule has 0 saturated carbocycles. The van der Waals surface area contributed by atoms with Crippen LogP contribution in [-0.2, 0) is 9.59 Å². The Kier molecular flexibility index (Phi) is 6.97. The highest BCUT2D eigenvalue weighted by molar-refractivity contribution is 5.50. The van der Waals surface area contributed by atoms with Crippen LogP contribution in [0.5, 0.6) is 11.5 Å². The predicted octanol–water partition coefficient (Wildman–Crippen LogP) is 3.86. The molecule has 2 rings (SSSR count). The molecule has 2 aromatic carbocycles. The zero-order valence-electron chi connectivity index (χ0n) is 13.0. The summed E-state index contributed by atoms with van der Waals surface area (Å²) in [4.78, 5) is 27.3. The van der Waals surface area contributed by atoms with Crippen molar-refractivity contribution in [2.75, 3.05) is 13.2 Å². The van der Waals surface area contributed by atoms with Crippen molar-refractivity contribution in [3.63, 3.8) is 0 Å². The number of ether oxygens (including phenoxy) is 2. The zero-order chi connectivity index (χ0) is 17.0. The van der Waals surface area contributed by atoms with E-state index in [2.05, 4.69) is 9.98 Å². The van der Waals surface area contributed by atoms with Gasteiger partial charge >= 0.3 is 0 Å². The quantitative estimate of drug-likeness (QED) is 0.399. The summed E-state index contributed by atoms with van der Waals surface area (Å²) in [6.45, 7) is 1.15. The third kappa shape index (κ3) is 5.89. The Morgan fingerprint density at radius 1 is 0.667 bits per heavy atom. The number of nitrogens with zero attached hydrogens (tertiary/aromatic N) is 2. The molecule has 0 radical (unpaired) electrons. The number of hydrogen-bond acceptors (Lipinski definition) is 6. The lowest BCUT2D eigenvalue weighted by Gasteiger charge is -2.08. The van der Waals surface area contributed by atoms with Crippen molar-refractivity contribution in [1.82, 2.24) is 0 Å². The minimum Gasteiger partial charge on any atom is -0.494 e. The maximum Gasteiger partial charge on any atom is 0.240 e. The van der Waals surface area contributed by atoms with Crippen LogP contribution >= 0.6 is 0 Å². The summed E-state index contributed by atoms with van der Waals surface area (Å²) in [7, 11) is 0. The molecule has 6 nitrogen and oxygen atoms in total. The van der Waals surface area contributed by atoms with E-state index in [-0.39, 0.29) is 0 Å². The van der Waals surface area contributed by atoms with Gasteiger partial charge in [-0.25, -0.2) is 9.59 Å². The normalized spacial score (nSPS) is 9.50. The van der Waals surface area contributed by atoms with Crippen LogP contribution in [0.15, 0.2) is 58.5 Å². The van der Waals surface area contributed by atoms with Gasteiger partial charge in [0.05, 0.1) is 24.6 Å². The van der Waals surface area contributed by atoms with Gasteiger partial charge in [0, 0.05) is 0 Å². The minimum atomic E-state index is 0.551. The van der Waals surface area contributed by atoms with Gasteiger partial charge in [0.15, 0.2) is 0 Å². The fourth-order valence-electron chi connectivity index (χ4n) is 1.92. The molecule has 2 aromatic rings. The molecular weight excluding hydrogens is 308 g/mol. The lowest BCUT2D eigenvalue weighted by atomic mass is 10.3. The van der Waals surface area contributed by atoms with E-state index >= 15 is 0 Å². The Balaban J connectivity index is 1.62. The van der Waals surface area contributed by atoms with Gasteiger partial charge in [-0.05, 0) is 61.4 Å². The molecule has 0 N–H and O–H groups in total. The van der Waals surface area contributed by atoms with E-state index in [1.165, 1.54) is 12.2 Å².